The summed E-state index contributed by atoms with van der Waals surface area (Å²) in [5.41, 5.74) is 1.36. The molecule has 0 amide bonds. The molecule has 0 bridgehead atoms. The van der Waals surface area contributed by atoms with Gasteiger partial charge in [-0.2, -0.15) is 0 Å². The van der Waals surface area contributed by atoms with E-state index in [9.17, 15) is 0 Å². The van der Waals surface area contributed by atoms with Crippen molar-refractivity contribution < 1.29 is 14.0 Å². The summed E-state index contributed by atoms with van der Waals surface area (Å²) < 4.78 is 15.6. The minimum absolute atomic E-state index is 0.585. The smallest absolute Gasteiger partial charge is 0.245 e. The third-order valence-corrected chi connectivity index (χ3v) is 3.94. The molecular formula is C21H25N2O2+. The fourth-order valence-corrected chi connectivity index (χ4v) is 2.63. The standard InChI is InChI=1S/C21H25N2O2/c1-3-8-20(9-4-1)10-7-16-24-19-23-14-13-22(18-23)15-17-25-21-11-5-2-6-12-21/h1-6,8-9,11-14,18H,7,10,15-17,19H2/q+1. The third kappa shape index (κ3) is 6.08. The van der Waals surface area contributed by atoms with Crippen molar-refractivity contribution >= 4 is 0 Å². The molecule has 4 nitrogen and oxygen atoms in total. The summed E-state index contributed by atoms with van der Waals surface area (Å²) in [6, 6.07) is 20.4. The van der Waals surface area contributed by atoms with Gasteiger partial charge in [-0.15, -0.1) is 0 Å². The average Bonchev–Trinajstić information content (AvgIpc) is 3.11. The maximum Gasteiger partial charge on any atom is 0.245 e. The van der Waals surface area contributed by atoms with Crippen LogP contribution in [0.25, 0.3) is 0 Å². The first-order valence-corrected chi connectivity index (χ1v) is 8.74. The number of imidazole rings is 1. The second-order valence-electron chi connectivity index (χ2n) is 5.95. The maximum atomic E-state index is 5.75. The molecule has 0 saturated heterocycles. The first-order chi connectivity index (χ1) is 12.4. The summed E-state index contributed by atoms with van der Waals surface area (Å²) in [6.45, 7) is 2.82. The lowest BCUT2D eigenvalue weighted by atomic mass is 10.1. The molecule has 0 unspecified atom stereocenters. The van der Waals surface area contributed by atoms with Crippen LogP contribution in [0.5, 0.6) is 5.75 Å². The van der Waals surface area contributed by atoms with E-state index in [1.165, 1.54) is 5.56 Å². The molecule has 1 aromatic heterocycles. The molecule has 2 aromatic carbocycles. The van der Waals surface area contributed by atoms with Gasteiger partial charge in [-0.1, -0.05) is 48.5 Å². The molecule has 3 rings (SSSR count). The lowest BCUT2D eigenvalue weighted by molar-refractivity contribution is -0.732. The number of para-hydroxylation sites is 1. The number of aryl methyl sites for hydroxylation is 1. The van der Waals surface area contributed by atoms with Crippen molar-refractivity contribution in [1.29, 1.82) is 0 Å². The van der Waals surface area contributed by atoms with E-state index in [0.29, 0.717) is 13.3 Å². The normalized spacial score (nSPS) is 10.7. The van der Waals surface area contributed by atoms with Crippen LogP contribution in [0.1, 0.15) is 12.0 Å². The zero-order valence-corrected chi connectivity index (χ0v) is 14.5. The van der Waals surface area contributed by atoms with Crippen molar-refractivity contribution in [3.05, 3.63) is 84.9 Å². The summed E-state index contributed by atoms with van der Waals surface area (Å²) in [5.74, 6) is 0.907. The van der Waals surface area contributed by atoms with E-state index >= 15 is 0 Å². The monoisotopic (exact) mass is 337 g/mol. The molecule has 0 radical (unpaired) electrons. The summed E-state index contributed by atoms with van der Waals surface area (Å²) >= 11 is 0. The van der Waals surface area contributed by atoms with Gasteiger partial charge in [0.05, 0.1) is 6.61 Å². The molecule has 0 saturated carbocycles. The lowest BCUT2D eigenvalue weighted by Gasteiger charge is -2.03. The van der Waals surface area contributed by atoms with E-state index < -0.39 is 0 Å². The quantitative estimate of drug-likeness (QED) is 0.418. The summed E-state index contributed by atoms with van der Waals surface area (Å²) in [5, 5.41) is 0. The van der Waals surface area contributed by atoms with Crippen molar-refractivity contribution in [2.75, 3.05) is 13.2 Å². The van der Waals surface area contributed by atoms with Gasteiger partial charge in [0.2, 0.25) is 6.33 Å². The van der Waals surface area contributed by atoms with Crippen LogP contribution in [0.2, 0.25) is 0 Å². The van der Waals surface area contributed by atoms with E-state index in [4.69, 9.17) is 9.47 Å². The molecule has 4 heteroatoms. The van der Waals surface area contributed by atoms with Crippen LogP contribution < -0.4 is 9.30 Å². The highest BCUT2D eigenvalue weighted by atomic mass is 16.5. The predicted molar refractivity (Wildman–Crippen MR) is 97.3 cm³/mol. The molecule has 0 aliphatic rings. The van der Waals surface area contributed by atoms with Crippen LogP contribution in [-0.2, 0) is 24.4 Å². The second kappa shape index (κ2) is 9.64. The summed E-state index contributed by atoms with van der Waals surface area (Å²) in [6.07, 6.45) is 8.21. The molecule has 0 spiro atoms. The van der Waals surface area contributed by atoms with Crippen LogP contribution >= 0.6 is 0 Å². The Labute approximate surface area is 149 Å². The molecule has 0 N–H and O–H groups in total. The highest BCUT2D eigenvalue weighted by Gasteiger charge is 2.04. The predicted octanol–water partition coefficient (Wildman–Crippen LogP) is 3.46. The second-order valence-corrected chi connectivity index (χ2v) is 5.95. The van der Waals surface area contributed by atoms with Gasteiger partial charge in [0, 0.05) is 0 Å². The van der Waals surface area contributed by atoms with E-state index in [2.05, 4.69) is 28.8 Å². The number of ether oxygens (including phenoxy) is 2. The topological polar surface area (TPSA) is 27.3 Å². The SMILES string of the molecule is c1ccc(CCCOC[n+]2ccn(CCOc3ccccc3)c2)cc1. The molecular weight excluding hydrogens is 312 g/mol. The van der Waals surface area contributed by atoms with Gasteiger partial charge in [0.15, 0.2) is 6.73 Å². The molecule has 130 valence electrons. The average molecular weight is 337 g/mol. The van der Waals surface area contributed by atoms with Gasteiger partial charge in [-0.3, -0.25) is 0 Å². The van der Waals surface area contributed by atoms with Crippen molar-refractivity contribution in [3.63, 3.8) is 0 Å². The van der Waals surface area contributed by atoms with Gasteiger partial charge in [0.1, 0.15) is 31.3 Å². The van der Waals surface area contributed by atoms with Gasteiger partial charge in [-0.25, -0.2) is 9.13 Å². The van der Waals surface area contributed by atoms with Crippen LogP contribution in [0.3, 0.4) is 0 Å². The molecule has 0 aliphatic heterocycles. The number of hydrogen-bond acceptors (Lipinski definition) is 2. The molecule has 1 heterocycles. The van der Waals surface area contributed by atoms with Crippen molar-refractivity contribution in [3.8, 4) is 5.75 Å². The van der Waals surface area contributed by atoms with Crippen molar-refractivity contribution in [2.45, 2.75) is 26.1 Å². The van der Waals surface area contributed by atoms with Crippen LogP contribution in [0.4, 0.5) is 0 Å². The Morgan fingerprint density at radius 2 is 1.64 bits per heavy atom. The maximum absolute atomic E-state index is 5.75. The molecule has 0 aliphatic carbocycles. The highest BCUT2D eigenvalue weighted by molar-refractivity contribution is 5.20. The Balaban J connectivity index is 1.30. The van der Waals surface area contributed by atoms with Crippen molar-refractivity contribution in [1.82, 2.24) is 4.57 Å². The van der Waals surface area contributed by atoms with E-state index in [1.807, 2.05) is 59.7 Å². The number of hydrogen-bond donors (Lipinski definition) is 0. The van der Waals surface area contributed by atoms with E-state index in [0.717, 1.165) is 31.7 Å². The number of rotatable bonds is 10. The first kappa shape index (κ1) is 17.2. The Morgan fingerprint density at radius 3 is 2.44 bits per heavy atom. The minimum atomic E-state index is 0.585. The third-order valence-electron chi connectivity index (χ3n) is 3.94. The Morgan fingerprint density at radius 1 is 0.880 bits per heavy atom. The molecule has 0 fully saturated rings. The zero-order chi connectivity index (χ0) is 17.2. The molecule has 0 atom stereocenters. The molecule has 25 heavy (non-hydrogen) atoms. The van der Waals surface area contributed by atoms with Crippen LogP contribution in [0.15, 0.2) is 79.4 Å². The largest absolute Gasteiger partial charge is 0.489 e. The fraction of sp³-hybridized carbons (Fsp3) is 0.286. The summed E-state index contributed by atoms with van der Waals surface area (Å²) in [7, 11) is 0. The van der Waals surface area contributed by atoms with Crippen LogP contribution in [0, 0.1) is 0 Å². The van der Waals surface area contributed by atoms with Gasteiger partial charge >= 0.3 is 0 Å². The highest BCUT2D eigenvalue weighted by Crippen LogP contribution is 2.08. The van der Waals surface area contributed by atoms with Crippen LogP contribution in [-0.4, -0.2) is 17.8 Å². The van der Waals surface area contributed by atoms with Gasteiger partial charge < -0.3 is 9.47 Å². The number of aromatic nitrogens is 2. The fourth-order valence-electron chi connectivity index (χ4n) is 2.63. The van der Waals surface area contributed by atoms with E-state index in [1.54, 1.807) is 0 Å². The Bertz CT molecular complexity index is 726. The Kier molecular flexibility index (Phi) is 6.65. The van der Waals surface area contributed by atoms with Gasteiger partial charge in [-0.05, 0) is 30.5 Å². The minimum Gasteiger partial charge on any atom is -0.489 e. The lowest BCUT2D eigenvalue weighted by Crippen LogP contribution is -2.33. The Hall–Kier alpha value is -2.59. The number of benzene rings is 2. The van der Waals surface area contributed by atoms with Crippen molar-refractivity contribution in [2.24, 2.45) is 0 Å². The number of nitrogens with zero attached hydrogens (tertiary/aromatic N) is 2. The van der Waals surface area contributed by atoms with Gasteiger partial charge in [0.25, 0.3) is 0 Å². The zero-order valence-electron chi connectivity index (χ0n) is 14.5. The summed E-state index contributed by atoms with van der Waals surface area (Å²) in [4.78, 5) is 0. The molecule has 3 aromatic rings. The van der Waals surface area contributed by atoms with E-state index in [-0.39, 0.29) is 0 Å². The first-order valence-electron chi connectivity index (χ1n) is 8.74.